The van der Waals surface area contributed by atoms with Crippen LogP contribution in [0.4, 0.5) is 20.8 Å². The molecule has 27 heavy (non-hydrogen) atoms. The lowest BCUT2D eigenvalue weighted by molar-refractivity contribution is 0.143. The van der Waals surface area contributed by atoms with Gasteiger partial charge in [0.15, 0.2) is 17.6 Å². The molecule has 2 aromatic heterocycles. The summed E-state index contributed by atoms with van der Waals surface area (Å²) in [5.41, 5.74) is 5.24. The third kappa shape index (κ3) is 4.60. The number of carbonyl (C=O) groups excluding carboxylic acids is 1. The number of nitrogens with zero attached hydrogens (tertiary/aromatic N) is 4. The normalized spacial score (nSPS) is 14.0. The Morgan fingerprint density at radius 1 is 1.19 bits per heavy atom. The first kappa shape index (κ1) is 18.4. The predicted octanol–water partition coefficient (Wildman–Crippen LogP) is 1.06. The van der Waals surface area contributed by atoms with Crippen molar-refractivity contribution in [3.63, 3.8) is 0 Å². The van der Waals surface area contributed by atoms with Crippen molar-refractivity contribution in [1.82, 2.24) is 15.3 Å². The number of pyridine rings is 2. The van der Waals surface area contributed by atoms with Crippen LogP contribution in [0.15, 0.2) is 36.7 Å². The molecular formula is C17H20FN7O2. The zero-order chi connectivity index (χ0) is 19.2. The summed E-state index contributed by atoms with van der Waals surface area (Å²) in [4.78, 5) is 23.8. The third-order valence-electron chi connectivity index (χ3n) is 4.10. The molecule has 0 bridgehead atoms. The molecule has 1 aliphatic rings. The molecule has 0 aromatic carbocycles. The molecule has 0 atom stereocenters. The Hall–Kier alpha value is -3.43. The fourth-order valence-electron chi connectivity index (χ4n) is 2.78. The molecule has 2 aromatic rings. The van der Waals surface area contributed by atoms with Gasteiger partial charge in [-0.05, 0) is 18.2 Å². The Bertz CT molecular complexity index is 810. The van der Waals surface area contributed by atoms with Crippen LogP contribution in [0.1, 0.15) is 5.56 Å². The Morgan fingerprint density at radius 3 is 2.59 bits per heavy atom. The molecule has 1 fully saturated rings. The molecule has 10 heteroatoms. The molecule has 0 spiro atoms. The van der Waals surface area contributed by atoms with Crippen molar-refractivity contribution >= 4 is 23.7 Å². The molecule has 0 saturated carbocycles. The van der Waals surface area contributed by atoms with Crippen LogP contribution in [0.3, 0.4) is 0 Å². The van der Waals surface area contributed by atoms with Crippen LogP contribution in [0, 0.1) is 11.2 Å². The van der Waals surface area contributed by atoms with Crippen LogP contribution in [-0.4, -0.2) is 48.2 Å². The second kappa shape index (κ2) is 8.30. The molecule has 1 saturated heterocycles. The van der Waals surface area contributed by atoms with Gasteiger partial charge in [-0.25, -0.2) is 19.2 Å². The Labute approximate surface area is 155 Å². The van der Waals surface area contributed by atoms with Gasteiger partial charge in [-0.15, -0.1) is 0 Å². The third-order valence-corrected chi connectivity index (χ3v) is 4.10. The van der Waals surface area contributed by atoms with Crippen LogP contribution in [-0.2, 0) is 11.3 Å². The lowest BCUT2D eigenvalue weighted by Crippen LogP contribution is -2.47. The summed E-state index contributed by atoms with van der Waals surface area (Å²) in [5.74, 6) is 0.0500. The minimum absolute atomic E-state index is 0.200. The van der Waals surface area contributed by atoms with Crippen molar-refractivity contribution in [2.24, 2.45) is 5.73 Å². The number of hydrogen-bond acceptors (Lipinski definition) is 7. The zero-order valence-corrected chi connectivity index (χ0v) is 14.6. The molecule has 0 unspecified atom stereocenters. The highest BCUT2D eigenvalue weighted by molar-refractivity contribution is 5.90. The number of halogens is 1. The van der Waals surface area contributed by atoms with E-state index < -0.39 is 17.9 Å². The van der Waals surface area contributed by atoms with Crippen molar-refractivity contribution < 1.29 is 13.9 Å². The second-order valence-corrected chi connectivity index (χ2v) is 5.88. The monoisotopic (exact) mass is 373 g/mol. The summed E-state index contributed by atoms with van der Waals surface area (Å²) in [7, 11) is 0. The maximum atomic E-state index is 14.8. The highest BCUT2D eigenvalue weighted by Crippen LogP contribution is 2.22. The Balaban J connectivity index is 1.62. The van der Waals surface area contributed by atoms with E-state index in [0.717, 1.165) is 5.82 Å². The quantitative estimate of drug-likeness (QED) is 0.541. The number of piperazine rings is 1. The van der Waals surface area contributed by atoms with E-state index in [1.165, 1.54) is 12.3 Å². The highest BCUT2D eigenvalue weighted by Gasteiger charge is 2.22. The molecule has 0 radical (unpaired) electrons. The Kier molecular flexibility index (Phi) is 5.64. The molecular weight excluding hydrogens is 353 g/mol. The minimum atomic E-state index is -0.913. The number of nitrogens with one attached hydrogen (secondary N) is 2. The number of hydrogen-bond donors (Lipinski definition) is 3. The summed E-state index contributed by atoms with van der Waals surface area (Å²) in [5, 5.41) is 8.93. The van der Waals surface area contributed by atoms with E-state index in [1.807, 2.05) is 28.4 Å². The summed E-state index contributed by atoms with van der Waals surface area (Å²) in [6, 6.07) is 7.19. The lowest BCUT2D eigenvalue weighted by atomic mass is 10.2. The van der Waals surface area contributed by atoms with Gasteiger partial charge in [0.05, 0.1) is 0 Å². The number of aromatic nitrogens is 2. The fraction of sp³-hybridized carbons (Fsp3) is 0.294. The van der Waals surface area contributed by atoms with Crippen molar-refractivity contribution in [2.45, 2.75) is 6.61 Å². The van der Waals surface area contributed by atoms with Gasteiger partial charge in [0.25, 0.3) is 0 Å². The lowest BCUT2D eigenvalue weighted by Gasteiger charge is -2.36. The summed E-state index contributed by atoms with van der Waals surface area (Å²) in [6.45, 7) is 2.29. The molecule has 1 amide bonds. The van der Waals surface area contributed by atoms with Gasteiger partial charge < -0.3 is 20.3 Å². The molecule has 0 aliphatic carbocycles. The van der Waals surface area contributed by atoms with Crippen LogP contribution in [0.2, 0.25) is 0 Å². The number of nitrogens with two attached hydrogens (primary N) is 1. The predicted molar refractivity (Wildman–Crippen MR) is 98.1 cm³/mol. The number of amides is 1. The van der Waals surface area contributed by atoms with Crippen LogP contribution >= 0.6 is 0 Å². The summed E-state index contributed by atoms with van der Waals surface area (Å²) in [6.07, 6.45) is 2.31. The molecule has 3 heterocycles. The topological polar surface area (TPSA) is 120 Å². The first-order valence-electron chi connectivity index (χ1n) is 8.36. The number of rotatable bonds is 4. The molecule has 1 aliphatic heterocycles. The van der Waals surface area contributed by atoms with E-state index in [-0.39, 0.29) is 18.0 Å². The average molecular weight is 373 g/mol. The van der Waals surface area contributed by atoms with E-state index in [9.17, 15) is 9.18 Å². The fourth-order valence-corrected chi connectivity index (χ4v) is 2.78. The van der Waals surface area contributed by atoms with Crippen LogP contribution in [0.25, 0.3) is 0 Å². The minimum Gasteiger partial charge on any atom is -0.444 e. The van der Waals surface area contributed by atoms with Crippen LogP contribution in [0.5, 0.6) is 0 Å². The standard InChI is InChI=1S/C17H20FN7O2/c18-14-12(11-27-17(26)23-16(19)20)4-6-22-15(14)25-9-7-24(8-10-25)13-3-1-2-5-21-13/h1-6H,7-11H2,(H4,19,20,23,26). The smallest absolute Gasteiger partial charge is 0.414 e. The van der Waals surface area contributed by atoms with Gasteiger partial charge in [0.1, 0.15) is 12.4 Å². The number of anilines is 2. The Morgan fingerprint density at radius 2 is 1.93 bits per heavy atom. The largest absolute Gasteiger partial charge is 0.444 e. The highest BCUT2D eigenvalue weighted by atomic mass is 19.1. The average Bonchev–Trinajstić information content (AvgIpc) is 2.67. The molecule has 142 valence electrons. The van der Waals surface area contributed by atoms with Crippen molar-refractivity contribution in [2.75, 3.05) is 36.0 Å². The second-order valence-electron chi connectivity index (χ2n) is 5.88. The molecule has 3 rings (SSSR count). The van der Waals surface area contributed by atoms with E-state index in [1.54, 1.807) is 6.20 Å². The van der Waals surface area contributed by atoms with Gasteiger partial charge in [-0.1, -0.05) is 6.07 Å². The summed E-state index contributed by atoms with van der Waals surface area (Å²) >= 11 is 0. The number of ether oxygens (including phenoxy) is 1. The van der Waals surface area contributed by atoms with Crippen molar-refractivity contribution in [3.8, 4) is 0 Å². The number of carbonyl (C=O) groups is 1. The van der Waals surface area contributed by atoms with Gasteiger partial charge in [0, 0.05) is 44.1 Å². The SMILES string of the molecule is N=C(N)NC(=O)OCc1ccnc(N2CCN(c3ccccn3)CC2)c1F. The first-order valence-corrected chi connectivity index (χ1v) is 8.36. The van der Waals surface area contributed by atoms with Gasteiger partial charge in [-0.2, -0.15) is 0 Å². The zero-order valence-electron chi connectivity index (χ0n) is 14.6. The maximum Gasteiger partial charge on any atom is 0.414 e. The van der Waals surface area contributed by atoms with Gasteiger partial charge >= 0.3 is 6.09 Å². The van der Waals surface area contributed by atoms with Gasteiger partial charge in [-0.3, -0.25) is 10.7 Å². The van der Waals surface area contributed by atoms with Crippen molar-refractivity contribution in [3.05, 3.63) is 48.0 Å². The number of alkyl carbamates (subject to hydrolysis) is 1. The van der Waals surface area contributed by atoms with Crippen molar-refractivity contribution in [1.29, 1.82) is 5.41 Å². The van der Waals surface area contributed by atoms with E-state index >= 15 is 0 Å². The van der Waals surface area contributed by atoms with Crippen LogP contribution < -0.4 is 20.9 Å². The first-order chi connectivity index (χ1) is 13.0. The van der Waals surface area contributed by atoms with E-state index in [2.05, 4.69) is 14.9 Å². The van der Waals surface area contributed by atoms with Gasteiger partial charge in [0.2, 0.25) is 0 Å². The number of guanidine groups is 1. The van der Waals surface area contributed by atoms with E-state index in [0.29, 0.717) is 26.2 Å². The molecule has 4 N–H and O–H groups in total. The van der Waals surface area contributed by atoms with E-state index in [4.69, 9.17) is 15.9 Å². The summed E-state index contributed by atoms with van der Waals surface area (Å²) < 4.78 is 19.6. The maximum absolute atomic E-state index is 14.8. The molecule has 9 nitrogen and oxygen atoms in total.